The molecule has 0 radical (unpaired) electrons. The number of nitrogens with one attached hydrogen (secondary N) is 2. The first kappa shape index (κ1) is 19.7. The predicted octanol–water partition coefficient (Wildman–Crippen LogP) is 3.61. The van der Waals surface area contributed by atoms with Crippen LogP contribution in [0.25, 0.3) is 0 Å². The lowest BCUT2D eigenvalue weighted by molar-refractivity contribution is 0.0243. The molecule has 2 rings (SSSR count). The van der Waals surface area contributed by atoms with Crippen LogP contribution in [0.5, 0.6) is 0 Å². The van der Waals surface area contributed by atoms with Gasteiger partial charge in [-0.25, -0.2) is 0 Å². The third-order valence-electron chi connectivity index (χ3n) is 3.90. The molecule has 4 nitrogen and oxygen atoms in total. The number of ether oxygens (including phenoxy) is 1. The molecule has 2 N–H and O–H groups in total. The summed E-state index contributed by atoms with van der Waals surface area (Å²) in [6.07, 6.45) is 2.24. The Bertz CT molecular complexity index is 516. The third-order valence-corrected chi connectivity index (χ3v) is 4.40. The number of benzene rings is 1. The van der Waals surface area contributed by atoms with Crippen molar-refractivity contribution < 1.29 is 4.74 Å². The molecule has 1 unspecified atom stereocenters. The summed E-state index contributed by atoms with van der Waals surface area (Å²) in [5.74, 6) is 0.814. The van der Waals surface area contributed by atoms with Crippen LogP contribution in [0.4, 0.5) is 0 Å². The number of halogens is 2. The number of aliphatic imine (C=N–C) groups is 1. The van der Waals surface area contributed by atoms with Crippen molar-refractivity contribution in [1.29, 1.82) is 0 Å². The molecule has 1 fully saturated rings. The van der Waals surface area contributed by atoms with Crippen molar-refractivity contribution in [1.82, 2.24) is 10.6 Å². The zero-order valence-electron chi connectivity index (χ0n) is 13.4. The smallest absolute Gasteiger partial charge is 0.191 e. The standard InChI is InChI=1S/C16H24BrN3O.HI/c1-12-9-14(17)6-5-13(12)10-19-15(18-3)20-11-16(2)7-4-8-21-16;/h5-6,9H,4,7-8,10-11H2,1-3H3,(H2,18,19,20);1H. The van der Waals surface area contributed by atoms with Gasteiger partial charge in [0.1, 0.15) is 0 Å². The summed E-state index contributed by atoms with van der Waals surface area (Å²) in [4.78, 5) is 4.27. The number of rotatable bonds is 4. The molecule has 1 heterocycles. The fraction of sp³-hybridized carbons (Fsp3) is 0.562. The first-order valence-corrected chi connectivity index (χ1v) is 8.15. The number of guanidine groups is 1. The van der Waals surface area contributed by atoms with Crippen LogP contribution >= 0.6 is 39.9 Å². The van der Waals surface area contributed by atoms with E-state index in [4.69, 9.17) is 4.74 Å². The topological polar surface area (TPSA) is 45.7 Å². The van der Waals surface area contributed by atoms with Crippen molar-refractivity contribution in [2.45, 2.75) is 38.8 Å². The summed E-state index contributed by atoms with van der Waals surface area (Å²) in [6, 6.07) is 6.31. The van der Waals surface area contributed by atoms with E-state index in [0.29, 0.717) is 0 Å². The van der Waals surface area contributed by atoms with Gasteiger partial charge in [-0.15, -0.1) is 24.0 Å². The Morgan fingerprint density at radius 1 is 1.41 bits per heavy atom. The van der Waals surface area contributed by atoms with Crippen molar-refractivity contribution in [3.8, 4) is 0 Å². The van der Waals surface area contributed by atoms with Crippen molar-refractivity contribution in [3.05, 3.63) is 33.8 Å². The van der Waals surface area contributed by atoms with E-state index in [9.17, 15) is 0 Å². The molecule has 1 aromatic carbocycles. The molecule has 1 aliphatic rings. The molecule has 0 aromatic heterocycles. The molecule has 0 aliphatic carbocycles. The molecular weight excluding hydrogens is 457 g/mol. The van der Waals surface area contributed by atoms with Crippen molar-refractivity contribution in [2.24, 2.45) is 4.99 Å². The Morgan fingerprint density at radius 2 is 2.18 bits per heavy atom. The molecule has 1 atom stereocenters. The summed E-state index contributed by atoms with van der Waals surface area (Å²) < 4.78 is 6.89. The van der Waals surface area contributed by atoms with Crippen LogP contribution in [0.15, 0.2) is 27.7 Å². The summed E-state index contributed by atoms with van der Waals surface area (Å²) in [6.45, 7) is 6.68. The SMILES string of the molecule is CN=C(NCc1ccc(Br)cc1C)NCC1(C)CCCO1.I. The average molecular weight is 482 g/mol. The lowest BCUT2D eigenvalue weighted by Gasteiger charge is -2.24. The highest BCUT2D eigenvalue weighted by molar-refractivity contribution is 14.0. The maximum absolute atomic E-state index is 5.78. The Hall–Kier alpha value is -0.340. The first-order valence-electron chi connectivity index (χ1n) is 7.36. The van der Waals surface area contributed by atoms with E-state index in [-0.39, 0.29) is 29.6 Å². The van der Waals surface area contributed by atoms with E-state index < -0.39 is 0 Å². The Kier molecular flexibility index (Phi) is 8.13. The quantitative estimate of drug-likeness (QED) is 0.392. The molecule has 0 spiro atoms. The van der Waals surface area contributed by atoms with Crippen LogP contribution in [0.3, 0.4) is 0 Å². The van der Waals surface area contributed by atoms with E-state index in [1.165, 1.54) is 11.1 Å². The fourth-order valence-corrected chi connectivity index (χ4v) is 2.98. The molecule has 0 saturated carbocycles. The highest BCUT2D eigenvalue weighted by Gasteiger charge is 2.29. The normalized spacial score (nSPS) is 21.4. The molecular formula is C16H25BrIN3O. The van der Waals surface area contributed by atoms with Crippen LogP contribution in [0.1, 0.15) is 30.9 Å². The van der Waals surface area contributed by atoms with Crippen LogP contribution < -0.4 is 10.6 Å². The van der Waals surface area contributed by atoms with Crippen LogP contribution in [-0.4, -0.2) is 31.8 Å². The molecule has 6 heteroatoms. The monoisotopic (exact) mass is 481 g/mol. The van der Waals surface area contributed by atoms with Gasteiger partial charge in [-0.05, 0) is 49.9 Å². The minimum absolute atomic E-state index is 0. The van der Waals surface area contributed by atoms with Gasteiger partial charge in [-0.2, -0.15) is 0 Å². The lowest BCUT2D eigenvalue weighted by Crippen LogP contribution is -2.45. The number of hydrogen-bond donors (Lipinski definition) is 2. The number of hydrogen-bond acceptors (Lipinski definition) is 2. The van der Waals surface area contributed by atoms with E-state index in [2.05, 4.69) is 63.6 Å². The average Bonchev–Trinajstić information content (AvgIpc) is 2.88. The van der Waals surface area contributed by atoms with E-state index in [1.54, 1.807) is 7.05 Å². The molecule has 124 valence electrons. The summed E-state index contributed by atoms with van der Waals surface area (Å²) in [5.41, 5.74) is 2.47. The largest absolute Gasteiger partial charge is 0.373 e. The molecule has 0 amide bonds. The van der Waals surface area contributed by atoms with Crippen molar-refractivity contribution in [2.75, 3.05) is 20.2 Å². The molecule has 1 saturated heterocycles. The number of nitrogens with zero attached hydrogens (tertiary/aromatic N) is 1. The zero-order chi connectivity index (χ0) is 15.3. The summed E-state index contributed by atoms with van der Waals surface area (Å²) in [7, 11) is 1.79. The minimum atomic E-state index is -0.0643. The zero-order valence-corrected chi connectivity index (χ0v) is 17.3. The van der Waals surface area contributed by atoms with Gasteiger partial charge >= 0.3 is 0 Å². The second kappa shape index (κ2) is 9.08. The van der Waals surface area contributed by atoms with Crippen LogP contribution in [-0.2, 0) is 11.3 Å². The lowest BCUT2D eigenvalue weighted by atomic mass is 10.0. The van der Waals surface area contributed by atoms with Gasteiger partial charge in [-0.3, -0.25) is 4.99 Å². The maximum atomic E-state index is 5.78. The number of aryl methyl sites for hydroxylation is 1. The third kappa shape index (κ3) is 5.70. The highest BCUT2D eigenvalue weighted by Crippen LogP contribution is 2.23. The fourth-order valence-electron chi connectivity index (χ4n) is 2.50. The van der Waals surface area contributed by atoms with Gasteiger partial charge in [0.25, 0.3) is 0 Å². The predicted molar refractivity (Wildman–Crippen MR) is 106 cm³/mol. The van der Waals surface area contributed by atoms with Gasteiger partial charge in [0, 0.05) is 31.2 Å². The molecule has 1 aliphatic heterocycles. The van der Waals surface area contributed by atoms with Crippen LogP contribution in [0.2, 0.25) is 0 Å². The Labute approximate surface area is 158 Å². The summed E-state index contributed by atoms with van der Waals surface area (Å²) in [5, 5.41) is 6.71. The Morgan fingerprint density at radius 3 is 2.77 bits per heavy atom. The second-order valence-corrected chi connectivity index (χ2v) is 6.67. The highest BCUT2D eigenvalue weighted by atomic mass is 127. The van der Waals surface area contributed by atoms with Gasteiger partial charge in [0.15, 0.2) is 5.96 Å². The molecule has 22 heavy (non-hydrogen) atoms. The minimum Gasteiger partial charge on any atom is -0.373 e. The van der Waals surface area contributed by atoms with E-state index in [1.807, 2.05) is 0 Å². The van der Waals surface area contributed by atoms with Gasteiger partial charge in [0.2, 0.25) is 0 Å². The first-order chi connectivity index (χ1) is 10.0. The van der Waals surface area contributed by atoms with Gasteiger partial charge < -0.3 is 15.4 Å². The molecule has 0 bridgehead atoms. The van der Waals surface area contributed by atoms with Crippen molar-refractivity contribution in [3.63, 3.8) is 0 Å². The van der Waals surface area contributed by atoms with E-state index >= 15 is 0 Å². The summed E-state index contributed by atoms with van der Waals surface area (Å²) >= 11 is 3.49. The maximum Gasteiger partial charge on any atom is 0.191 e. The van der Waals surface area contributed by atoms with Gasteiger partial charge in [-0.1, -0.05) is 22.0 Å². The van der Waals surface area contributed by atoms with Crippen molar-refractivity contribution >= 4 is 45.9 Å². The van der Waals surface area contributed by atoms with E-state index in [0.717, 1.165) is 43.0 Å². The molecule has 1 aromatic rings. The Balaban J connectivity index is 0.00000242. The van der Waals surface area contributed by atoms with Gasteiger partial charge in [0.05, 0.1) is 5.60 Å². The second-order valence-electron chi connectivity index (χ2n) is 5.75. The van der Waals surface area contributed by atoms with Crippen LogP contribution in [0, 0.1) is 6.92 Å².